The molecule has 0 aliphatic heterocycles. The Morgan fingerprint density at radius 2 is 1.80 bits per heavy atom. The van der Waals surface area contributed by atoms with E-state index < -0.39 is 9.26 Å². The molecule has 2 nitrogen and oxygen atoms in total. The molecule has 0 saturated heterocycles. The van der Waals surface area contributed by atoms with Crippen molar-refractivity contribution in [3.8, 4) is 0 Å². The van der Waals surface area contributed by atoms with Crippen molar-refractivity contribution in [1.82, 2.24) is 0 Å². The second-order valence-corrected chi connectivity index (χ2v) is 0.713. The maximum Gasteiger partial charge on any atom is 1.00 e. The predicted molar refractivity (Wildman–Crippen MR) is 7.55 cm³/mol. The fourth-order valence-electron chi connectivity index (χ4n) is 0. The van der Waals surface area contributed by atoms with Gasteiger partial charge in [0.05, 0.1) is 0 Å². The smallest absolute Gasteiger partial charge is 0.560 e. The van der Waals surface area contributed by atoms with Crippen molar-refractivity contribution >= 4 is 9.26 Å². The molecule has 0 fully saturated rings. The minimum Gasteiger partial charge on any atom is -0.560 e. The molecule has 0 bridgehead atoms. The summed E-state index contributed by atoms with van der Waals surface area (Å²) in [5.41, 5.74) is 0. The Morgan fingerprint density at radius 3 is 1.80 bits per heavy atom. The van der Waals surface area contributed by atoms with E-state index in [9.17, 15) is 4.11 Å². The minimum atomic E-state index is -3.88. The van der Waals surface area contributed by atoms with Crippen molar-refractivity contribution in [2.75, 3.05) is 0 Å². The number of halogens is 1. The molecule has 0 aliphatic rings. The standard InChI is InChI=1S/FO2Si.Rb/c1-4(2)3;/q-1;+1. The summed E-state index contributed by atoms with van der Waals surface area (Å²) in [5, 5.41) is 0. The molecule has 5 heavy (non-hydrogen) atoms. The van der Waals surface area contributed by atoms with Crippen molar-refractivity contribution < 1.29 is 71.6 Å². The quantitative estimate of drug-likeness (QED) is 0.269. The molecule has 0 N–H and O–H groups in total. The third kappa shape index (κ3) is 29.1. The molecular formula is FO2RbSi. The fourth-order valence-corrected chi connectivity index (χ4v) is 0. The molecule has 0 rings (SSSR count). The summed E-state index contributed by atoms with van der Waals surface area (Å²) < 4.78 is 18.4. The summed E-state index contributed by atoms with van der Waals surface area (Å²) in [5.74, 6) is 0. The second kappa shape index (κ2) is 5.55. The number of hydrogen-bond donors (Lipinski definition) is 0. The molecule has 0 saturated carbocycles. The van der Waals surface area contributed by atoms with Gasteiger partial charge in [-0.25, -0.2) is 0 Å². The third-order valence-electron chi connectivity index (χ3n) is 0. The van der Waals surface area contributed by atoms with E-state index in [0.717, 1.165) is 0 Å². The normalized spacial score (nSPS) is 5.00. The third-order valence-corrected chi connectivity index (χ3v) is 0. The Labute approximate surface area is 79.1 Å². The van der Waals surface area contributed by atoms with Crippen LogP contribution in [0.2, 0.25) is 0 Å². The van der Waals surface area contributed by atoms with E-state index in [-0.39, 0.29) is 58.2 Å². The summed E-state index contributed by atoms with van der Waals surface area (Å²) in [7, 11) is -3.88. The first-order valence-electron chi connectivity index (χ1n) is 0.597. The topological polar surface area (TPSA) is 40.1 Å². The maximum absolute atomic E-state index is 9.99. The summed E-state index contributed by atoms with van der Waals surface area (Å²) in [6, 6.07) is 0. The van der Waals surface area contributed by atoms with Crippen molar-refractivity contribution in [3.63, 3.8) is 0 Å². The Kier molecular flexibility index (Phi) is 10.8. The van der Waals surface area contributed by atoms with E-state index in [4.69, 9.17) is 9.26 Å². The van der Waals surface area contributed by atoms with E-state index >= 15 is 0 Å². The first-order valence-corrected chi connectivity index (χ1v) is 1.79. The molecule has 0 unspecified atom stereocenters. The van der Waals surface area contributed by atoms with Gasteiger partial charge in [0.1, 0.15) is 0 Å². The number of hydrogen-bond acceptors (Lipinski definition) is 2. The largest absolute Gasteiger partial charge is 1.00 e. The molecule has 0 aromatic carbocycles. The summed E-state index contributed by atoms with van der Waals surface area (Å²) in [6.45, 7) is 0. The van der Waals surface area contributed by atoms with Crippen LogP contribution in [0.3, 0.4) is 0 Å². The van der Waals surface area contributed by atoms with Gasteiger partial charge in [0.15, 0.2) is 0 Å². The van der Waals surface area contributed by atoms with E-state index in [1.165, 1.54) is 0 Å². The van der Waals surface area contributed by atoms with Gasteiger partial charge in [0.25, 0.3) is 0 Å². The van der Waals surface area contributed by atoms with Crippen LogP contribution in [0.15, 0.2) is 0 Å². The molecule has 0 spiro atoms. The summed E-state index contributed by atoms with van der Waals surface area (Å²) in [4.78, 5) is 8.41. The SMILES string of the molecule is O=[Si]([O-])F.[Rb+]. The predicted octanol–water partition coefficient (Wildman–Crippen LogP) is -4.26. The van der Waals surface area contributed by atoms with Crippen LogP contribution in [0, 0.1) is 0 Å². The van der Waals surface area contributed by atoms with Crippen molar-refractivity contribution in [2.24, 2.45) is 0 Å². The van der Waals surface area contributed by atoms with Crippen LogP contribution in [-0.2, 0) is 4.46 Å². The Bertz CT molecular complexity index is 32.6. The molecule has 0 aromatic heterocycles. The van der Waals surface area contributed by atoms with E-state index in [1.807, 2.05) is 0 Å². The molecule has 0 aromatic rings. The summed E-state index contributed by atoms with van der Waals surface area (Å²) in [6.07, 6.45) is 0. The molecular weight excluding hydrogens is 165 g/mol. The molecule has 0 atom stereocenters. The maximum atomic E-state index is 9.99. The van der Waals surface area contributed by atoms with Gasteiger partial charge in [-0.05, 0) is 0 Å². The van der Waals surface area contributed by atoms with E-state index in [2.05, 4.69) is 0 Å². The van der Waals surface area contributed by atoms with Gasteiger partial charge in [-0.2, -0.15) is 0 Å². The van der Waals surface area contributed by atoms with Gasteiger partial charge in [-0.3, -0.25) is 4.11 Å². The van der Waals surface area contributed by atoms with Gasteiger partial charge in [0, 0.05) is 0 Å². The first kappa shape index (κ1) is 9.75. The zero-order valence-electron chi connectivity index (χ0n) is 2.69. The average Bonchev–Trinajstić information content (AvgIpc) is 0.811. The molecule has 5 heteroatoms. The Balaban J connectivity index is 0. The Morgan fingerprint density at radius 1 is 1.80 bits per heavy atom. The van der Waals surface area contributed by atoms with Crippen molar-refractivity contribution in [3.05, 3.63) is 0 Å². The summed E-state index contributed by atoms with van der Waals surface area (Å²) >= 11 is 0. The van der Waals surface area contributed by atoms with Crippen LogP contribution in [0.5, 0.6) is 0 Å². The van der Waals surface area contributed by atoms with Crippen molar-refractivity contribution in [2.45, 2.75) is 0 Å². The molecule has 0 amide bonds. The van der Waals surface area contributed by atoms with Crippen molar-refractivity contribution in [1.29, 1.82) is 0 Å². The van der Waals surface area contributed by atoms with Crippen LogP contribution in [0.25, 0.3) is 0 Å². The zero-order chi connectivity index (χ0) is 3.58. The van der Waals surface area contributed by atoms with Crippen LogP contribution < -0.4 is 63.0 Å². The van der Waals surface area contributed by atoms with E-state index in [0.29, 0.717) is 0 Å². The van der Waals surface area contributed by atoms with Gasteiger partial charge in [0.2, 0.25) is 0 Å². The van der Waals surface area contributed by atoms with Gasteiger partial charge < -0.3 is 9.26 Å². The van der Waals surface area contributed by atoms with Crippen LogP contribution in [0.1, 0.15) is 0 Å². The van der Waals surface area contributed by atoms with E-state index in [1.54, 1.807) is 0 Å². The van der Waals surface area contributed by atoms with Gasteiger partial charge in [-0.1, -0.05) is 0 Å². The minimum absolute atomic E-state index is 0. The Hall–Kier alpha value is 1.55. The molecule has 0 radical (unpaired) electrons. The molecule has 0 aliphatic carbocycles. The zero-order valence-corrected chi connectivity index (χ0v) is 8.61. The molecule has 0 heterocycles. The van der Waals surface area contributed by atoms with Crippen LogP contribution in [-0.4, -0.2) is 9.26 Å². The monoisotopic (exact) mass is 164 g/mol. The van der Waals surface area contributed by atoms with Crippen LogP contribution in [0.4, 0.5) is 4.11 Å². The van der Waals surface area contributed by atoms with Gasteiger partial charge >= 0.3 is 67.4 Å². The number of rotatable bonds is 0. The first-order chi connectivity index (χ1) is 1.73. The van der Waals surface area contributed by atoms with Crippen LogP contribution >= 0.6 is 0 Å². The fraction of sp³-hybridized carbons (Fsp3) is 0. The average molecular weight is 165 g/mol. The second-order valence-electron chi connectivity index (χ2n) is 0.238. The molecule has 24 valence electrons. The van der Waals surface area contributed by atoms with Gasteiger partial charge in [-0.15, -0.1) is 0 Å².